The fourth-order valence-corrected chi connectivity index (χ4v) is 2.57. The molecule has 4 nitrogen and oxygen atoms in total. The first-order valence-corrected chi connectivity index (χ1v) is 5.96. The van der Waals surface area contributed by atoms with Gasteiger partial charge in [-0.05, 0) is 33.1 Å². The van der Waals surface area contributed by atoms with Crippen LogP contribution in [0.5, 0.6) is 0 Å². The third kappa shape index (κ3) is 3.35. The molecule has 0 aliphatic carbocycles. The van der Waals surface area contributed by atoms with Crippen molar-refractivity contribution < 1.29 is 9.53 Å². The van der Waals surface area contributed by atoms with Gasteiger partial charge in [-0.15, -0.1) is 0 Å². The number of methoxy groups -OCH3 is 1. The molecule has 0 aromatic heterocycles. The number of ether oxygens (including phenoxy) is 1. The first kappa shape index (κ1) is 13.3. The molecule has 1 aliphatic heterocycles. The van der Waals surface area contributed by atoms with Gasteiger partial charge in [0, 0.05) is 6.08 Å². The van der Waals surface area contributed by atoms with Crippen LogP contribution in [0.15, 0.2) is 16.5 Å². The Morgan fingerprint density at radius 1 is 1.44 bits per heavy atom. The van der Waals surface area contributed by atoms with Crippen LogP contribution in [0.3, 0.4) is 0 Å². The van der Waals surface area contributed by atoms with E-state index in [4.69, 9.17) is 0 Å². The zero-order chi connectivity index (χ0) is 12.4. The van der Waals surface area contributed by atoms with Crippen LogP contribution in [0.4, 0.5) is 0 Å². The first-order valence-electron chi connectivity index (χ1n) is 5.08. The maximum absolute atomic E-state index is 10.9. The Kier molecular flexibility index (Phi) is 3.80. The SMILES string of the molecule is COC(=O)/C=C\SC1=NC(C)(C)NC1(C)C. The van der Waals surface area contributed by atoms with Crippen LogP contribution in [0, 0.1) is 0 Å². The highest BCUT2D eigenvalue weighted by Crippen LogP contribution is 2.29. The highest BCUT2D eigenvalue weighted by atomic mass is 32.2. The summed E-state index contributed by atoms with van der Waals surface area (Å²) in [4.78, 5) is 15.5. The molecule has 0 aromatic carbocycles. The van der Waals surface area contributed by atoms with Crippen LogP contribution in [0.1, 0.15) is 27.7 Å². The van der Waals surface area contributed by atoms with Gasteiger partial charge in [0.25, 0.3) is 0 Å². The van der Waals surface area contributed by atoms with E-state index in [1.165, 1.54) is 24.9 Å². The maximum Gasteiger partial charge on any atom is 0.330 e. The van der Waals surface area contributed by atoms with Crippen LogP contribution < -0.4 is 5.32 Å². The van der Waals surface area contributed by atoms with Crippen LogP contribution in [-0.2, 0) is 9.53 Å². The van der Waals surface area contributed by atoms with Gasteiger partial charge in [0.15, 0.2) is 0 Å². The van der Waals surface area contributed by atoms with Gasteiger partial charge in [-0.3, -0.25) is 10.3 Å². The maximum atomic E-state index is 10.9. The van der Waals surface area contributed by atoms with Gasteiger partial charge < -0.3 is 4.74 Å². The molecule has 0 saturated heterocycles. The van der Waals surface area contributed by atoms with Crippen molar-refractivity contribution in [1.29, 1.82) is 0 Å². The van der Waals surface area contributed by atoms with Crippen molar-refractivity contribution in [2.24, 2.45) is 4.99 Å². The van der Waals surface area contributed by atoms with E-state index in [9.17, 15) is 4.79 Å². The van der Waals surface area contributed by atoms with Crippen LogP contribution in [-0.4, -0.2) is 29.3 Å². The van der Waals surface area contributed by atoms with E-state index in [2.05, 4.69) is 28.9 Å². The van der Waals surface area contributed by atoms with Crippen molar-refractivity contribution in [3.63, 3.8) is 0 Å². The van der Waals surface area contributed by atoms with Crippen molar-refractivity contribution in [3.05, 3.63) is 11.5 Å². The second-order valence-corrected chi connectivity index (χ2v) is 5.56. The van der Waals surface area contributed by atoms with Gasteiger partial charge in [-0.25, -0.2) is 4.79 Å². The average molecular weight is 242 g/mol. The second-order valence-electron chi connectivity index (χ2n) is 4.67. The molecule has 0 saturated carbocycles. The summed E-state index contributed by atoms with van der Waals surface area (Å²) >= 11 is 1.44. The molecule has 1 N–H and O–H groups in total. The topological polar surface area (TPSA) is 50.7 Å². The lowest BCUT2D eigenvalue weighted by Crippen LogP contribution is -2.47. The molecule has 1 heterocycles. The Balaban J connectivity index is 2.67. The van der Waals surface area contributed by atoms with Crippen molar-refractivity contribution in [1.82, 2.24) is 5.32 Å². The third-order valence-electron chi connectivity index (χ3n) is 2.12. The molecule has 0 bridgehead atoms. The number of nitrogens with one attached hydrogen (secondary N) is 1. The summed E-state index contributed by atoms with van der Waals surface area (Å²) in [6.45, 7) is 8.18. The molecule has 0 unspecified atom stereocenters. The van der Waals surface area contributed by atoms with Gasteiger partial charge in [0.2, 0.25) is 0 Å². The highest BCUT2D eigenvalue weighted by Gasteiger charge is 2.38. The van der Waals surface area contributed by atoms with Gasteiger partial charge in [0.05, 0.1) is 17.7 Å². The summed E-state index contributed by atoms with van der Waals surface area (Å²) in [5.74, 6) is -0.351. The standard InChI is InChI=1S/C11H18N2O2S/c1-10(2)9(12-11(3,4)13-10)16-7-6-8(14)15-5/h6-7,13H,1-5H3/b7-6-. The van der Waals surface area contributed by atoms with E-state index in [1.54, 1.807) is 5.41 Å². The molecule has 0 amide bonds. The lowest BCUT2D eigenvalue weighted by atomic mass is 10.1. The Bertz CT molecular complexity index is 346. The monoisotopic (exact) mass is 242 g/mol. The fraction of sp³-hybridized carbons (Fsp3) is 0.636. The zero-order valence-electron chi connectivity index (χ0n) is 10.3. The lowest BCUT2D eigenvalue weighted by molar-refractivity contribution is -0.134. The normalized spacial score (nSPS) is 22.2. The molecular formula is C11H18N2O2S. The van der Waals surface area contributed by atoms with Crippen molar-refractivity contribution >= 4 is 22.8 Å². The molecule has 0 fully saturated rings. The van der Waals surface area contributed by atoms with E-state index in [0.717, 1.165) is 5.04 Å². The Hall–Kier alpha value is -0.810. The molecule has 90 valence electrons. The molecule has 1 aliphatic rings. The van der Waals surface area contributed by atoms with Crippen LogP contribution in [0.2, 0.25) is 0 Å². The summed E-state index contributed by atoms with van der Waals surface area (Å²) in [6, 6.07) is 0. The summed E-state index contributed by atoms with van der Waals surface area (Å²) in [5.41, 5.74) is -0.403. The number of carbonyl (C=O) groups excluding carboxylic acids is 1. The van der Waals surface area contributed by atoms with Crippen LogP contribution >= 0.6 is 11.8 Å². The molecule has 5 heteroatoms. The number of aliphatic imine (C=N–C) groups is 1. The highest BCUT2D eigenvalue weighted by molar-refractivity contribution is 8.16. The molecule has 0 radical (unpaired) electrons. The minimum Gasteiger partial charge on any atom is -0.466 e. The molecule has 1 rings (SSSR count). The predicted molar refractivity (Wildman–Crippen MR) is 67.5 cm³/mol. The predicted octanol–water partition coefficient (Wildman–Crippen LogP) is 1.92. The number of carbonyl (C=O) groups is 1. The summed E-state index contributed by atoms with van der Waals surface area (Å²) in [5, 5.41) is 6.07. The Morgan fingerprint density at radius 3 is 2.50 bits per heavy atom. The van der Waals surface area contributed by atoms with Gasteiger partial charge in [0.1, 0.15) is 5.66 Å². The number of rotatable bonds is 2. The molecule has 16 heavy (non-hydrogen) atoms. The van der Waals surface area contributed by atoms with E-state index in [-0.39, 0.29) is 17.2 Å². The minimum atomic E-state index is -0.351. The Labute approximate surface area is 101 Å². The van der Waals surface area contributed by atoms with E-state index in [0.29, 0.717) is 0 Å². The van der Waals surface area contributed by atoms with E-state index in [1.807, 2.05) is 13.8 Å². The van der Waals surface area contributed by atoms with Crippen molar-refractivity contribution in [2.45, 2.75) is 38.9 Å². The van der Waals surface area contributed by atoms with Crippen LogP contribution in [0.25, 0.3) is 0 Å². The quantitative estimate of drug-likeness (QED) is 0.594. The average Bonchev–Trinajstić information content (AvgIpc) is 2.34. The lowest BCUT2D eigenvalue weighted by Gasteiger charge is -2.24. The molecular weight excluding hydrogens is 224 g/mol. The first-order chi connectivity index (χ1) is 7.27. The summed E-state index contributed by atoms with van der Waals surface area (Å²) in [6.07, 6.45) is 1.40. The molecule has 0 spiro atoms. The number of nitrogens with zero attached hydrogens (tertiary/aromatic N) is 1. The molecule has 0 aromatic rings. The number of thioether (sulfide) groups is 1. The largest absolute Gasteiger partial charge is 0.466 e. The second kappa shape index (κ2) is 4.59. The molecule has 0 atom stereocenters. The fourth-order valence-electron chi connectivity index (χ4n) is 1.64. The smallest absolute Gasteiger partial charge is 0.330 e. The third-order valence-corrected chi connectivity index (χ3v) is 3.22. The van der Waals surface area contributed by atoms with Crippen molar-refractivity contribution in [2.75, 3.05) is 7.11 Å². The van der Waals surface area contributed by atoms with Gasteiger partial charge in [-0.2, -0.15) is 0 Å². The van der Waals surface area contributed by atoms with E-state index < -0.39 is 0 Å². The minimum absolute atomic E-state index is 0.158. The van der Waals surface area contributed by atoms with E-state index >= 15 is 0 Å². The van der Waals surface area contributed by atoms with Gasteiger partial charge >= 0.3 is 5.97 Å². The Morgan fingerprint density at radius 2 is 2.06 bits per heavy atom. The van der Waals surface area contributed by atoms with Gasteiger partial charge in [-0.1, -0.05) is 11.8 Å². The summed E-state index contributed by atoms with van der Waals surface area (Å²) in [7, 11) is 1.36. The number of hydrogen-bond acceptors (Lipinski definition) is 5. The number of hydrogen-bond donors (Lipinski definition) is 1. The summed E-state index contributed by atoms with van der Waals surface area (Å²) < 4.78 is 4.51. The zero-order valence-corrected chi connectivity index (χ0v) is 11.1. The van der Waals surface area contributed by atoms with Crippen molar-refractivity contribution in [3.8, 4) is 0 Å². The number of esters is 1.